The number of rotatable bonds is 1. The SMILES string of the molecule is Cc1nnc(-n2cncn2)c2ccccc12. The first kappa shape index (κ1) is 8.96. The molecule has 0 unspecified atom stereocenters. The summed E-state index contributed by atoms with van der Waals surface area (Å²) in [7, 11) is 0. The first-order valence-electron chi connectivity index (χ1n) is 4.93. The minimum Gasteiger partial charge on any atom is -0.223 e. The molecule has 0 aliphatic carbocycles. The fraction of sp³-hybridized carbons (Fsp3) is 0.0909. The molecular weight excluding hydrogens is 202 g/mol. The van der Waals surface area contributed by atoms with Crippen LogP contribution in [-0.4, -0.2) is 25.0 Å². The van der Waals surface area contributed by atoms with Crippen molar-refractivity contribution in [1.29, 1.82) is 0 Å². The average Bonchev–Trinajstić information content (AvgIpc) is 2.83. The van der Waals surface area contributed by atoms with Crippen molar-refractivity contribution < 1.29 is 0 Å². The molecule has 0 atom stereocenters. The van der Waals surface area contributed by atoms with E-state index in [4.69, 9.17) is 0 Å². The summed E-state index contributed by atoms with van der Waals surface area (Å²) < 4.78 is 1.62. The Bertz CT molecular complexity index is 630. The number of benzene rings is 1. The van der Waals surface area contributed by atoms with Gasteiger partial charge < -0.3 is 0 Å². The van der Waals surface area contributed by atoms with Crippen molar-refractivity contribution in [3.63, 3.8) is 0 Å². The quantitative estimate of drug-likeness (QED) is 0.612. The molecule has 78 valence electrons. The Morgan fingerprint density at radius 3 is 2.62 bits per heavy atom. The number of aromatic nitrogens is 5. The molecule has 0 bridgehead atoms. The first-order chi connectivity index (χ1) is 7.86. The van der Waals surface area contributed by atoms with Gasteiger partial charge in [0.05, 0.1) is 5.69 Å². The summed E-state index contributed by atoms with van der Waals surface area (Å²) >= 11 is 0. The van der Waals surface area contributed by atoms with Crippen molar-refractivity contribution in [2.45, 2.75) is 6.92 Å². The topological polar surface area (TPSA) is 56.5 Å². The maximum Gasteiger partial charge on any atom is 0.185 e. The van der Waals surface area contributed by atoms with Crippen LogP contribution in [0.3, 0.4) is 0 Å². The Balaban J connectivity index is 2.39. The van der Waals surface area contributed by atoms with Gasteiger partial charge in [0.15, 0.2) is 5.82 Å². The standard InChI is InChI=1S/C11H9N5/c1-8-9-4-2-3-5-10(9)11(15-14-8)16-7-12-6-13-16/h2-7H,1H3. The molecule has 0 fully saturated rings. The summed E-state index contributed by atoms with van der Waals surface area (Å²) in [5.41, 5.74) is 0.916. The van der Waals surface area contributed by atoms with Crippen molar-refractivity contribution >= 4 is 10.8 Å². The van der Waals surface area contributed by atoms with Gasteiger partial charge in [-0.15, -0.1) is 5.10 Å². The predicted molar refractivity (Wildman–Crippen MR) is 59.2 cm³/mol. The minimum atomic E-state index is 0.707. The minimum absolute atomic E-state index is 0.707. The second-order valence-electron chi connectivity index (χ2n) is 3.49. The van der Waals surface area contributed by atoms with Crippen LogP contribution in [0.5, 0.6) is 0 Å². The number of aryl methyl sites for hydroxylation is 1. The summed E-state index contributed by atoms with van der Waals surface area (Å²) in [6.45, 7) is 1.94. The lowest BCUT2D eigenvalue weighted by molar-refractivity contribution is 0.817. The van der Waals surface area contributed by atoms with Gasteiger partial charge in [-0.25, -0.2) is 9.67 Å². The van der Waals surface area contributed by atoms with Gasteiger partial charge in [0.25, 0.3) is 0 Å². The monoisotopic (exact) mass is 211 g/mol. The van der Waals surface area contributed by atoms with Crippen LogP contribution in [0, 0.1) is 6.92 Å². The summed E-state index contributed by atoms with van der Waals surface area (Å²) in [6.07, 6.45) is 3.10. The Kier molecular flexibility index (Phi) is 1.89. The third-order valence-corrected chi connectivity index (χ3v) is 2.49. The number of hydrogen-bond donors (Lipinski definition) is 0. The molecule has 16 heavy (non-hydrogen) atoms. The molecule has 2 heterocycles. The Morgan fingerprint density at radius 1 is 1.06 bits per heavy atom. The molecule has 3 rings (SSSR count). The van der Waals surface area contributed by atoms with Crippen molar-refractivity contribution in [3.05, 3.63) is 42.6 Å². The highest BCUT2D eigenvalue weighted by Crippen LogP contribution is 2.20. The van der Waals surface area contributed by atoms with Gasteiger partial charge in [-0.05, 0) is 6.92 Å². The number of nitrogens with zero attached hydrogens (tertiary/aromatic N) is 5. The van der Waals surface area contributed by atoms with E-state index in [0.29, 0.717) is 5.82 Å². The van der Waals surface area contributed by atoms with E-state index >= 15 is 0 Å². The first-order valence-corrected chi connectivity index (χ1v) is 4.93. The molecule has 5 heteroatoms. The van der Waals surface area contributed by atoms with Crippen LogP contribution < -0.4 is 0 Å². The predicted octanol–water partition coefficient (Wildman–Crippen LogP) is 1.52. The summed E-state index contributed by atoms with van der Waals surface area (Å²) in [4.78, 5) is 3.91. The lowest BCUT2D eigenvalue weighted by Gasteiger charge is -2.05. The van der Waals surface area contributed by atoms with E-state index < -0.39 is 0 Å². The van der Waals surface area contributed by atoms with Crippen molar-refractivity contribution in [2.24, 2.45) is 0 Å². The molecule has 0 amide bonds. The van der Waals surface area contributed by atoms with E-state index in [9.17, 15) is 0 Å². The second kappa shape index (κ2) is 3.37. The Hall–Kier alpha value is -2.30. The summed E-state index contributed by atoms with van der Waals surface area (Å²) in [5.74, 6) is 0.707. The van der Waals surface area contributed by atoms with Crippen LogP contribution in [0.25, 0.3) is 16.6 Å². The lowest BCUT2D eigenvalue weighted by Crippen LogP contribution is -2.02. The molecule has 5 nitrogen and oxygen atoms in total. The number of hydrogen-bond acceptors (Lipinski definition) is 4. The highest BCUT2D eigenvalue weighted by molar-refractivity contribution is 5.89. The van der Waals surface area contributed by atoms with Crippen LogP contribution in [0.15, 0.2) is 36.9 Å². The van der Waals surface area contributed by atoms with Gasteiger partial charge in [-0.3, -0.25) is 0 Å². The van der Waals surface area contributed by atoms with E-state index in [1.807, 2.05) is 31.2 Å². The van der Waals surface area contributed by atoms with E-state index in [0.717, 1.165) is 16.5 Å². The van der Waals surface area contributed by atoms with Crippen molar-refractivity contribution in [1.82, 2.24) is 25.0 Å². The molecule has 3 aromatic rings. The average molecular weight is 211 g/mol. The molecule has 0 spiro atoms. The molecule has 2 aromatic heterocycles. The summed E-state index contributed by atoms with van der Waals surface area (Å²) in [5, 5.41) is 14.5. The van der Waals surface area contributed by atoms with E-state index in [-0.39, 0.29) is 0 Å². The van der Waals surface area contributed by atoms with Gasteiger partial charge in [-0.1, -0.05) is 24.3 Å². The fourth-order valence-corrected chi connectivity index (χ4v) is 1.71. The van der Waals surface area contributed by atoms with Gasteiger partial charge in [0.1, 0.15) is 12.7 Å². The zero-order chi connectivity index (χ0) is 11.0. The van der Waals surface area contributed by atoms with Crippen LogP contribution in [-0.2, 0) is 0 Å². The largest absolute Gasteiger partial charge is 0.223 e. The van der Waals surface area contributed by atoms with Gasteiger partial charge in [-0.2, -0.15) is 10.2 Å². The maximum absolute atomic E-state index is 4.16. The zero-order valence-corrected chi connectivity index (χ0v) is 8.70. The third-order valence-electron chi connectivity index (χ3n) is 2.49. The second-order valence-corrected chi connectivity index (χ2v) is 3.49. The van der Waals surface area contributed by atoms with E-state index in [1.165, 1.54) is 6.33 Å². The van der Waals surface area contributed by atoms with Crippen LogP contribution >= 0.6 is 0 Å². The Morgan fingerprint density at radius 2 is 1.88 bits per heavy atom. The van der Waals surface area contributed by atoms with E-state index in [2.05, 4.69) is 20.3 Å². The Labute approximate surface area is 91.8 Å². The third kappa shape index (κ3) is 1.25. The van der Waals surface area contributed by atoms with E-state index in [1.54, 1.807) is 11.0 Å². The molecule has 1 aromatic carbocycles. The zero-order valence-electron chi connectivity index (χ0n) is 8.70. The maximum atomic E-state index is 4.16. The van der Waals surface area contributed by atoms with Gasteiger partial charge in [0, 0.05) is 10.8 Å². The molecule has 0 aliphatic heterocycles. The highest BCUT2D eigenvalue weighted by atomic mass is 15.4. The molecular formula is C11H9N5. The van der Waals surface area contributed by atoms with Crippen molar-refractivity contribution in [2.75, 3.05) is 0 Å². The van der Waals surface area contributed by atoms with Crippen LogP contribution in [0.2, 0.25) is 0 Å². The van der Waals surface area contributed by atoms with Gasteiger partial charge in [0.2, 0.25) is 0 Å². The van der Waals surface area contributed by atoms with Crippen molar-refractivity contribution in [3.8, 4) is 5.82 Å². The normalized spacial score (nSPS) is 10.8. The molecule has 0 N–H and O–H groups in total. The molecule has 0 saturated heterocycles. The molecule has 0 aliphatic rings. The molecule has 0 radical (unpaired) electrons. The lowest BCUT2D eigenvalue weighted by atomic mass is 10.1. The number of fused-ring (bicyclic) bond motifs is 1. The van der Waals surface area contributed by atoms with Gasteiger partial charge >= 0.3 is 0 Å². The molecule has 0 saturated carbocycles. The fourth-order valence-electron chi connectivity index (χ4n) is 1.71. The smallest absolute Gasteiger partial charge is 0.185 e. The van der Waals surface area contributed by atoms with Crippen LogP contribution in [0.1, 0.15) is 5.69 Å². The van der Waals surface area contributed by atoms with Crippen LogP contribution in [0.4, 0.5) is 0 Å². The highest BCUT2D eigenvalue weighted by Gasteiger charge is 2.07. The summed E-state index contributed by atoms with van der Waals surface area (Å²) in [6, 6.07) is 8.00.